The molecule has 0 saturated heterocycles. The fourth-order valence-electron chi connectivity index (χ4n) is 2.04. The molecule has 0 radical (unpaired) electrons. The van der Waals surface area contributed by atoms with Gasteiger partial charge in [-0.3, -0.25) is 0 Å². The second-order valence-corrected chi connectivity index (χ2v) is 5.75. The van der Waals surface area contributed by atoms with Crippen LogP contribution in [0.1, 0.15) is 18.4 Å². The minimum atomic E-state index is -0.159. The zero-order valence-electron chi connectivity index (χ0n) is 11.8. The van der Waals surface area contributed by atoms with Gasteiger partial charge in [0.15, 0.2) is 0 Å². The van der Waals surface area contributed by atoms with Crippen LogP contribution in [0.15, 0.2) is 59.1 Å². The van der Waals surface area contributed by atoms with E-state index in [2.05, 4.69) is 50.8 Å². The predicted molar refractivity (Wildman–Crippen MR) is 90.5 cm³/mol. The normalized spacial score (nSPS) is 10.1. The molecule has 0 saturated carbocycles. The van der Waals surface area contributed by atoms with Crippen LogP contribution in [-0.2, 0) is 6.42 Å². The number of carbonyl (C=O) groups is 1. The van der Waals surface area contributed by atoms with Crippen LogP contribution in [0.2, 0.25) is 0 Å². The van der Waals surface area contributed by atoms with E-state index in [4.69, 9.17) is 0 Å². The fraction of sp³-hybridized carbons (Fsp3) is 0.235. The van der Waals surface area contributed by atoms with Crippen molar-refractivity contribution in [2.75, 3.05) is 11.9 Å². The Balaban J connectivity index is 1.61. The first-order valence-electron chi connectivity index (χ1n) is 7.08. The average Bonchev–Trinajstić information content (AvgIpc) is 2.48. The molecular formula is C17H19BrN2O. The SMILES string of the molecule is O=C(NCCCCc1ccccc1)Nc1cccc(Br)c1. The highest BCUT2D eigenvalue weighted by Crippen LogP contribution is 2.15. The Kier molecular flexibility index (Phi) is 6.28. The average molecular weight is 347 g/mol. The van der Waals surface area contributed by atoms with Gasteiger partial charge in [-0.2, -0.15) is 0 Å². The number of urea groups is 1. The highest BCUT2D eigenvalue weighted by molar-refractivity contribution is 9.10. The minimum Gasteiger partial charge on any atom is -0.338 e. The molecule has 0 heterocycles. The van der Waals surface area contributed by atoms with Crippen molar-refractivity contribution in [3.8, 4) is 0 Å². The molecule has 0 spiro atoms. The van der Waals surface area contributed by atoms with Crippen LogP contribution in [-0.4, -0.2) is 12.6 Å². The topological polar surface area (TPSA) is 41.1 Å². The third-order valence-corrected chi connectivity index (χ3v) is 3.60. The number of benzene rings is 2. The molecule has 4 heteroatoms. The van der Waals surface area contributed by atoms with Crippen molar-refractivity contribution in [1.82, 2.24) is 5.32 Å². The number of unbranched alkanes of at least 4 members (excludes halogenated alkanes) is 1. The lowest BCUT2D eigenvalue weighted by Crippen LogP contribution is -2.29. The molecule has 2 aromatic rings. The molecule has 110 valence electrons. The second kappa shape index (κ2) is 8.47. The standard InChI is InChI=1S/C17H19BrN2O/c18-15-10-6-11-16(13-15)20-17(21)19-12-5-4-9-14-7-2-1-3-8-14/h1-3,6-8,10-11,13H,4-5,9,12H2,(H2,19,20,21). The Labute approximate surface area is 133 Å². The predicted octanol–water partition coefficient (Wildman–Crippen LogP) is 4.59. The highest BCUT2D eigenvalue weighted by Gasteiger charge is 2.01. The van der Waals surface area contributed by atoms with Gasteiger partial charge in [0.1, 0.15) is 0 Å². The zero-order chi connectivity index (χ0) is 14.9. The molecule has 21 heavy (non-hydrogen) atoms. The number of amides is 2. The fourth-order valence-corrected chi connectivity index (χ4v) is 2.44. The molecule has 0 unspecified atom stereocenters. The second-order valence-electron chi connectivity index (χ2n) is 4.83. The number of rotatable bonds is 6. The van der Waals surface area contributed by atoms with E-state index in [1.54, 1.807) is 0 Å². The Morgan fingerprint density at radius 1 is 1.00 bits per heavy atom. The van der Waals surface area contributed by atoms with Gasteiger partial charge in [-0.25, -0.2) is 4.79 Å². The lowest BCUT2D eigenvalue weighted by molar-refractivity contribution is 0.252. The van der Waals surface area contributed by atoms with E-state index in [1.165, 1.54) is 5.56 Å². The van der Waals surface area contributed by atoms with E-state index in [-0.39, 0.29) is 6.03 Å². The van der Waals surface area contributed by atoms with E-state index >= 15 is 0 Å². The summed E-state index contributed by atoms with van der Waals surface area (Å²) < 4.78 is 0.947. The molecule has 3 nitrogen and oxygen atoms in total. The molecule has 0 bridgehead atoms. The van der Waals surface area contributed by atoms with Gasteiger partial charge < -0.3 is 10.6 Å². The molecule has 2 N–H and O–H groups in total. The maximum absolute atomic E-state index is 11.7. The lowest BCUT2D eigenvalue weighted by Gasteiger charge is -2.08. The van der Waals surface area contributed by atoms with E-state index in [0.29, 0.717) is 6.54 Å². The number of halogens is 1. The Hall–Kier alpha value is -1.81. The van der Waals surface area contributed by atoms with Crippen LogP contribution >= 0.6 is 15.9 Å². The molecule has 0 aliphatic carbocycles. The molecule has 0 aromatic heterocycles. The Morgan fingerprint density at radius 2 is 1.81 bits per heavy atom. The molecule has 0 aliphatic heterocycles. The van der Waals surface area contributed by atoms with Gasteiger partial charge in [0.05, 0.1) is 0 Å². The number of carbonyl (C=O) groups excluding carboxylic acids is 1. The molecule has 2 aromatic carbocycles. The number of nitrogens with one attached hydrogen (secondary N) is 2. The van der Waals surface area contributed by atoms with Gasteiger partial charge in [0.2, 0.25) is 0 Å². The van der Waals surface area contributed by atoms with Crippen molar-refractivity contribution >= 4 is 27.6 Å². The Morgan fingerprint density at radius 3 is 2.57 bits per heavy atom. The quantitative estimate of drug-likeness (QED) is 0.737. The minimum absolute atomic E-state index is 0.159. The molecule has 2 amide bonds. The first kappa shape index (κ1) is 15.6. The first-order valence-corrected chi connectivity index (χ1v) is 7.88. The van der Waals surface area contributed by atoms with Crippen molar-refractivity contribution in [3.63, 3.8) is 0 Å². The van der Waals surface area contributed by atoms with Gasteiger partial charge in [-0.05, 0) is 43.0 Å². The third kappa shape index (κ3) is 6.00. The summed E-state index contributed by atoms with van der Waals surface area (Å²) in [7, 11) is 0. The summed E-state index contributed by atoms with van der Waals surface area (Å²) >= 11 is 3.38. The van der Waals surface area contributed by atoms with Gasteiger partial charge in [-0.15, -0.1) is 0 Å². The number of anilines is 1. The maximum Gasteiger partial charge on any atom is 0.319 e. The summed E-state index contributed by atoms with van der Waals surface area (Å²) in [5.74, 6) is 0. The van der Waals surface area contributed by atoms with Crippen molar-refractivity contribution in [1.29, 1.82) is 0 Å². The van der Waals surface area contributed by atoms with Gasteiger partial charge in [-0.1, -0.05) is 52.3 Å². The largest absolute Gasteiger partial charge is 0.338 e. The van der Waals surface area contributed by atoms with Gasteiger partial charge in [0, 0.05) is 16.7 Å². The van der Waals surface area contributed by atoms with Crippen LogP contribution in [0.4, 0.5) is 10.5 Å². The van der Waals surface area contributed by atoms with Crippen molar-refractivity contribution < 1.29 is 4.79 Å². The van der Waals surface area contributed by atoms with Crippen LogP contribution in [0.3, 0.4) is 0 Å². The summed E-state index contributed by atoms with van der Waals surface area (Å²) in [6.07, 6.45) is 3.09. The Bertz CT molecular complexity index is 572. The summed E-state index contributed by atoms with van der Waals surface area (Å²) in [5.41, 5.74) is 2.13. The van der Waals surface area contributed by atoms with Crippen molar-refractivity contribution in [3.05, 3.63) is 64.6 Å². The number of hydrogen-bond acceptors (Lipinski definition) is 1. The molecule has 0 fully saturated rings. The zero-order valence-corrected chi connectivity index (χ0v) is 13.4. The monoisotopic (exact) mass is 346 g/mol. The van der Waals surface area contributed by atoms with Crippen LogP contribution in [0.25, 0.3) is 0 Å². The molecule has 0 aliphatic rings. The van der Waals surface area contributed by atoms with E-state index < -0.39 is 0 Å². The first-order chi connectivity index (χ1) is 10.2. The van der Waals surface area contributed by atoms with E-state index in [1.807, 2.05) is 30.3 Å². The molecule has 0 atom stereocenters. The van der Waals surface area contributed by atoms with Crippen LogP contribution < -0.4 is 10.6 Å². The van der Waals surface area contributed by atoms with Crippen LogP contribution in [0, 0.1) is 0 Å². The third-order valence-electron chi connectivity index (χ3n) is 3.10. The number of hydrogen-bond donors (Lipinski definition) is 2. The van der Waals surface area contributed by atoms with Gasteiger partial charge >= 0.3 is 6.03 Å². The summed E-state index contributed by atoms with van der Waals surface area (Å²) in [4.78, 5) is 11.7. The lowest BCUT2D eigenvalue weighted by atomic mass is 10.1. The smallest absolute Gasteiger partial charge is 0.319 e. The van der Waals surface area contributed by atoms with E-state index in [9.17, 15) is 4.79 Å². The number of aryl methyl sites for hydroxylation is 1. The summed E-state index contributed by atoms with van der Waals surface area (Å²) in [6, 6.07) is 17.8. The van der Waals surface area contributed by atoms with Crippen LogP contribution in [0.5, 0.6) is 0 Å². The van der Waals surface area contributed by atoms with E-state index in [0.717, 1.165) is 29.4 Å². The highest BCUT2D eigenvalue weighted by atomic mass is 79.9. The van der Waals surface area contributed by atoms with Crippen molar-refractivity contribution in [2.24, 2.45) is 0 Å². The van der Waals surface area contributed by atoms with Crippen molar-refractivity contribution in [2.45, 2.75) is 19.3 Å². The molecule has 2 rings (SSSR count). The summed E-state index contributed by atoms with van der Waals surface area (Å²) in [5, 5.41) is 5.68. The van der Waals surface area contributed by atoms with Gasteiger partial charge in [0.25, 0.3) is 0 Å². The molecular weight excluding hydrogens is 328 g/mol. The summed E-state index contributed by atoms with van der Waals surface area (Å²) in [6.45, 7) is 0.687. The maximum atomic E-state index is 11.7.